The molecule has 0 amide bonds. The molecule has 21 heavy (non-hydrogen) atoms. The third-order valence-electron chi connectivity index (χ3n) is 4.59. The van der Waals surface area contributed by atoms with Gasteiger partial charge in [0.1, 0.15) is 5.54 Å². The Morgan fingerprint density at radius 3 is 2.67 bits per heavy atom. The Bertz CT molecular complexity index is 320. The Kier molecular flexibility index (Phi) is 7.67. The fourth-order valence-electron chi connectivity index (χ4n) is 3.64. The van der Waals surface area contributed by atoms with E-state index in [-0.39, 0.29) is 12.0 Å². The number of ether oxygens (including phenoxy) is 1. The summed E-state index contributed by atoms with van der Waals surface area (Å²) < 4.78 is 5.12. The Hall–Kier alpha value is -0.610. The summed E-state index contributed by atoms with van der Waals surface area (Å²) in [4.78, 5) is 14.9. The van der Waals surface area contributed by atoms with E-state index in [2.05, 4.69) is 37.9 Å². The van der Waals surface area contributed by atoms with E-state index >= 15 is 0 Å². The molecule has 0 aliphatic heterocycles. The maximum atomic E-state index is 12.4. The van der Waals surface area contributed by atoms with Crippen molar-refractivity contribution in [2.24, 2.45) is 0 Å². The SMILES string of the molecule is CCCCN(CC)C1CCCC(NC(C)C)(C(=O)OC)C1. The summed E-state index contributed by atoms with van der Waals surface area (Å²) in [6.07, 6.45) is 6.48. The molecule has 1 N–H and O–H groups in total. The second kappa shape index (κ2) is 8.74. The maximum absolute atomic E-state index is 12.4. The maximum Gasteiger partial charge on any atom is 0.326 e. The number of nitrogens with zero attached hydrogens (tertiary/aromatic N) is 1. The van der Waals surface area contributed by atoms with Gasteiger partial charge in [0.25, 0.3) is 0 Å². The number of esters is 1. The van der Waals surface area contributed by atoms with Gasteiger partial charge in [-0.1, -0.05) is 20.3 Å². The number of carbonyl (C=O) groups excluding carboxylic acids is 1. The quantitative estimate of drug-likeness (QED) is 0.700. The molecule has 0 aromatic heterocycles. The van der Waals surface area contributed by atoms with Crippen molar-refractivity contribution in [3.63, 3.8) is 0 Å². The topological polar surface area (TPSA) is 41.6 Å². The van der Waals surface area contributed by atoms with Crippen molar-refractivity contribution in [1.29, 1.82) is 0 Å². The second-order valence-corrected chi connectivity index (χ2v) is 6.61. The number of methoxy groups -OCH3 is 1. The van der Waals surface area contributed by atoms with Crippen molar-refractivity contribution in [3.8, 4) is 0 Å². The summed E-state index contributed by atoms with van der Waals surface area (Å²) in [5.41, 5.74) is -0.495. The van der Waals surface area contributed by atoms with Gasteiger partial charge in [0.2, 0.25) is 0 Å². The molecular weight excluding hydrogens is 264 g/mol. The van der Waals surface area contributed by atoms with Crippen LogP contribution in [0.4, 0.5) is 0 Å². The Morgan fingerprint density at radius 1 is 1.43 bits per heavy atom. The Morgan fingerprint density at radius 2 is 2.14 bits per heavy atom. The first-order valence-corrected chi connectivity index (χ1v) is 8.59. The van der Waals surface area contributed by atoms with Crippen molar-refractivity contribution >= 4 is 5.97 Å². The molecule has 1 aliphatic rings. The standard InChI is InChI=1S/C17H34N2O2/c1-6-8-12-19(7-2)15-10-9-11-17(13-15,16(20)21-5)18-14(3)4/h14-15,18H,6-13H2,1-5H3. The van der Waals surface area contributed by atoms with E-state index in [1.54, 1.807) is 0 Å². The summed E-state index contributed by atoms with van der Waals surface area (Å²) in [5, 5.41) is 3.51. The zero-order chi connectivity index (χ0) is 15.9. The smallest absolute Gasteiger partial charge is 0.326 e. The van der Waals surface area contributed by atoms with Crippen LogP contribution in [0.5, 0.6) is 0 Å². The minimum atomic E-state index is -0.495. The lowest BCUT2D eigenvalue weighted by Gasteiger charge is -2.44. The van der Waals surface area contributed by atoms with Gasteiger partial charge in [-0.3, -0.25) is 10.1 Å². The van der Waals surface area contributed by atoms with E-state index in [1.807, 2.05) is 0 Å². The molecule has 4 nitrogen and oxygen atoms in total. The van der Waals surface area contributed by atoms with Crippen molar-refractivity contribution in [1.82, 2.24) is 10.2 Å². The molecule has 0 spiro atoms. The zero-order valence-corrected chi connectivity index (χ0v) is 14.6. The van der Waals surface area contributed by atoms with E-state index in [1.165, 1.54) is 26.4 Å². The summed E-state index contributed by atoms with van der Waals surface area (Å²) >= 11 is 0. The molecular formula is C17H34N2O2. The number of unbranched alkanes of at least 4 members (excludes halogenated alkanes) is 1. The molecule has 2 unspecified atom stereocenters. The summed E-state index contributed by atoms with van der Waals surface area (Å²) in [6.45, 7) is 10.8. The molecule has 124 valence electrons. The minimum Gasteiger partial charge on any atom is -0.468 e. The second-order valence-electron chi connectivity index (χ2n) is 6.61. The van der Waals surface area contributed by atoms with Crippen LogP contribution < -0.4 is 5.32 Å². The van der Waals surface area contributed by atoms with Gasteiger partial charge in [-0.05, 0) is 59.0 Å². The third-order valence-corrected chi connectivity index (χ3v) is 4.59. The van der Waals surface area contributed by atoms with Gasteiger partial charge < -0.3 is 9.64 Å². The lowest BCUT2D eigenvalue weighted by Crippen LogP contribution is -2.60. The van der Waals surface area contributed by atoms with Gasteiger partial charge in [-0.2, -0.15) is 0 Å². The summed E-state index contributed by atoms with van der Waals surface area (Å²) in [5.74, 6) is -0.0903. The van der Waals surface area contributed by atoms with Crippen molar-refractivity contribution in [2.75, 3.05) is 20.2 Å². The highest BCUT2D eigenvalue weighted by atomic mass is 16.5. The van der Waals surface area contributed by atoms with Gasteiger partial charge in [-0.25, -0.2) is 0 Å². The van der Waals surface area contributed by atoms with E-state index in [0.29, 0.717) is 6.04 Å². The summed E-state index contributed by atoms with van der Waals surface area (Å²) in [7, 11) is 1.50. The number of hydrogen-bond donors (Lipinski definition) is 1. The Balaban J connectivity index is 2.83. The highest BCUT2D eigenvalue weighted by Gasteiger charge is 2.45. The normalized spacial score (nSPS) is 26.3. The zero-order valence-electron chi connectivity index (χ0n) is 14.6. The van der Waals surface area contributed by atoms with Crippen molar-refractivity contribution in [3.05, 3.63) is 0 Å². The molecule has 1 saturated carbocycles. The van der Waals surface area contributed by atoms with Crippen LogP contribution in [-0.2, 0) is 9.53 Å². The van der Waals surface area contributed by atoms with E-state index in [4.69, 9.17) is 4.74 Å². The van der Waals surface area contributed by atoms with Gasteiger partial charge in [0.05, 0.1) is 7.11 Å². The molecule has 1 aliphatic carbocycles. The van der Waals surface area contributed by atoms with Gasteiger partial charge in [0.15, 0.2) is 0 Å². The van der Waals surface area contributed by atoms with E-state index in [0.717, 1.165) is 32.4 Å². The number of nitrogens with one attached hydrogen (secondary N) is 1. The van der Waals surface area contributed by atoms with Gasteiger partial charge >= 0.3 is 5.97 Å². The molecule has 0 saturated heterocycles. The van der Waals surface area contributed by atoms with Crippen LogP contribution in [0.15, 0.2) is 0 Å². The molecule has 1 rings (SSSR count). The Labute approximate surface area is 130 Å². The molecule has 0 aromatic carbocycles. The van der Waals surface area contributed by atoms with Crippen molar-refractivity contribution < 1.29 is 9.53 Å². The highest BCUT2D eigenvalue weighted by Crippen LogP contribution is 2.33. The van der Waals surface area contributed by atoms with E-state index in [9.17, 15) is 4.79 Å². The van der Waals surface area contributed by atoms with Crippen LogP contribution >= 0.6 is 0 Å². The number of rotatable bonds is 8. The molecule has 0 bridgehead atoms. The van der Waals surface area contributed by atoms with Crippen LogP contribution in [0.2, 0.25) is 0 Å². The fourth-order valence-corrected chi connectivity index (χ4v) is 3.64. The molecule has 0 aromatic rings. The minimum absolute atomic E-state index is 0.0903. The monoisotopic (exact) mass is 298 g/mol. The van der Waals surface area contributed by atoms with Crippen molar-refractivity contribution in [2.45, 2.75) is 83.8 Å². The van der Waals surface area contributed by atoms with E-state index < -0.39 is 5.54 Å². The molecule has 2 atom stereocenters. The average Bonchev–Trinajstić information content (AvgIpc) is 2.46. The number of hydrogen-bond acceptors (Lipinski definition) is 4. The van der Waals surface area contributed by atoms with Gasteiger partial charge in [0, 0.05) is 12.1 Å². The van der Waals surface area contributed by atoms with Crippen LogP contribution in [0.25, 0.3) is 0 Å². The highest BCUT2D eigenvalue weighted by molar-refractivity contribution is 5.81. The predicted octanol–water partition coefficient (Wildman–Crippen LogP) is 2.96. The summed E-state index contributed by atoms with van der Waals surface area (Å²) in [6, 6.07) is 0.772. The largest absolute Gasteiger partial charge is 0.468 e. The van der Waals surface area contributed by atoms with Crippen LogP contribution in [-0.4, -0.2) is 48.7 Å². The molecule has 1 fully saturated rings. The lowest BCUT2D eigenvalue weighted by atomic mass is 9.77. The van der Waals surface area contributed by atoms with Gasteiger partial charge in [-0.15, -0.1) is 0 Å². The first-order valence-electron chi connectivity index (χ1n) is 8.59. The molecule has 4 heteroatoms. The van der Waals surface area contributed by atoms with Crippen LogP contribution in [0.3, 0.4) is 0 Å². The average molecular weight is 298 g/mol. The first kappa shape index (κ1) is 18.4. The lowest BCUT2D eigenvalue weighted by molar-refractivity contribution is -0.151. The molecule has 0 radical (unpaired) electrons. The predicted molar refractivity (Wildman–Crippen MR) is 87.4 cm³/mol. The number of carbonyl (C=O) groups is 1. The third kappa shape index (κ3) is 4.96. The van der Waals surface area contributed by atoms with Crippen LogP contribution in [0, 0.1) is 0 Å². The first-order chi connectivity index (χ1) is 9.99. The fraction of sp³-hybridized carbons (Fsp3) is 0.941. The van der Waals surface area contributed by atoms with Crippen LogP contribution in [0.1, 0.15) is 66.2 Å². The molecule has 0 heterocycles.